The molecule has 2 fully saturated rings. The van der Waals surface area contributed by atoms with Crippen LogP contribution in [0.2, 0.25) is 5.02 Å². The number of piperidine rings is 1. The SMILES string of the molecule is Cc1occ(-c2c(F)cccc2Cl)c1N(C=O)C1CCCC(CC(=O)N2CCC(C)CC2)C1. The van der Waals surface area contributed by atoms with E-state index < -0.39 is 5.82 Å². The summed E-state index contributed by atoms with van der Waals surface area (Å²) in [4.78, 5) is 28.8. The van der Waals surface area contributed by atoms with Gasteiger partial charge in [0.2, 0.25) is 12.3 Å². The molecule has 1 saturated carbocycles. The molecule has 1 aromatic heterocycles. The molecule has 33 heavy (non-hydrogen) atoms. The van der Waals surface area contributed by atoms with Gasteiger partial charge in [0.1, 0.15) is 17.8 Å². The van der Waals surface area contributed by atoms with Crippen molar-refractivity contribution in [3.8, 4) is 11.1 Å². The van der Waals surface area contributed by atoms with Gasteiger partial charge in [-0.3, -0.25) is 9.59 Å². The number of anilines is 1. The van der Waals surface area contributed by atoms with Crippen LogP contribution in [0.3, 0.4) is 0 Å². The van der Waals surface area contributed by atoms with Gasteiger partial charge in [0.25, 0.3) is 0 Å². The molecule has 178 valence electrons. The zero-order chi connectivity index (χ0) is 23.5. The molecule has 1 aliphatic carbocycles. The maximum Gasteiger partial charge on any atom is 0.222 e. The van der Waals surface area contributed by atoms with E-state index in [4.69, 9.17) is 16.0 Å². The number of benzene rings is 1. The first kappa shape index (κ1) is 23.8. The first-order valence-corrected chi connectivity index (χ1v) is 12.3. The molecule has 7 heteroatoms. The number of likely N-dealkylation sites (tertiary alicyclic amines) is 1. The fourth-order valence-electron chi connectivity index (χ4n) is 5.36. The van der Waals surface area contributed by atoms with Gasteiger partial charge in [-0.15, -0.1) is 0 Å². The van der Waals surface area contributed by atoms with Crippen LogP contribution >= 0.6 is 11.6 Å². The lowest BCUT2D eigenvalue weighted by atomic mass is 9.82. The minimum atomic E-state index is -0.460. The van der Waals surface area contributed by atoms with Crippen LogP contribution < -0.4 is 4.90 Å². The number of nitrogens with zero attached hydrogens (tertiary/aromatic N) is 2. The zero-order valence-electron chi connectivity index (χ0n) is 19.4. The highest BCUT2D eigenvalue weighted by atomic mass is 35.5. The Hall–Kier alpha value is -2.34. The highest BCUT2D eigenvalue weighted by Gasteiger charge is 2.33. The highest BCUT2D eigenvalue weighted by molar-refractivity contribution is 6.33. The largest absolute Gasteiger partial charge is 0.467 e. The Morgan fingerprint density at radius 3 is 2.73 bits per heavy atom. The third-order valence-corrected chi connectivity index (χ3v) is 7.61. The normalized spacial score (nSPS) is 21.8. The Kier molecular flexibility index (Phi) is 7.42. The van der Waals surface area contributed by atoms with E-state index in [1.165, 1.54) is 12.3 Å². The summed E-state index contributed by atoms with van der Waals surface area (Å²) >= 11 is 6.31. The second-order valence-electron chi connectivity index (χ2n) is 9.62. The molecular formula is C26H32ClFN2O3. The minimum Gasteiger partial charge on any atom is -0.467 e. The summed E-state index contributed by atoms with van der Waals surface area (Å²) in [7, 11) is 0. The van der Waals surface area contributed by atoms with E-state index in [1.54, 1.807) is 24.0 Å². The molecule has 0 bridgehead atoms. The van der Waals surface area contributed by atoms with E-state index in [0.717, 1.165) is 58.0 Å². The van der Waals surface area contributed by atoms with E-state index in [9.17, 15) is 14.0 Å². The molecule has 2 amide bonds. The molecule has 2 unspecified atom stereocenters. The summed E-state index contributed by atoms with van der Waals surface area (Å²) in [6.45, 7) is 5.70. The predicted molar refractivity (Wildman–Crippen MR) is 128 cm³/mol. The average molecular weight is 475 g/mol. The second kappa shape index (κ2) is 10.3. The Balaban J connectivity index is 1.52. The number of carbonyl (C=O) groups excluding carboxylic acids is 2. The van der Waals surface area contributed by atoms with E-state index in [2.05, 4.69) is 6.92 Å². The quantitative estimate of drug-likeness (QED) is 0.467. The van der Waals surface area contributed by atoms with Crippen molar-refractivity contribution >= 4 is 29.6 Å². The number of furan rings is 1. The lowest BCUT2D eigenvalue weighted by molar-refractivity contribution is -0.133. The van der Waals surface area contributed by atoms with E-state index >= 15 is 0 Å². The van der Waals surface area contributed by atoms with Crippen LogP contribution in [0, 0.1) is 24.6 Å². The van der Waals surface area contributed by atoms with Crippen LogP contribution in [0.25, 0.3) is 11.1 Å². The number of carbonyl (C=O) groups is 2. The summed E-state index contributed by atoms with van der Waals surface area (Å²) in [5.41, 5.74) is 1.27. The molecule has 2 aromatic rings. The van der Waals surface area contributed by atoms with Gasteiger partial charge in [-0.25, -0.2) is 4.39 Å². The van der Waals surface area contributed by atoms with Crippen LogP contribution in [-0.2, 0) is 9.59 Å². The Morgan fingerprint density at radius 1 is 1.27 bits per heavy atom. The molecule has 2 aliphatic rings. The van der Waals surface area contributed by atoms with Crippen LogP contribution in [0.15, 0.2) is 28.9 Å². The fraction of sp³-hybridized carbons (Fsp3) is 0.538. The van der Waals surface area contributed by atoms with Gasteiger partial charge in [-0.05, 0) is 63.0 Å². The summed E-state index contributed by atoms with van der Waals surface area (Å²) in [6.07, 6.45) is 8.42. The molecule has 1 saturated heterocycles. The second-order valence-corrected chi connectivity index (χ2v) is 10.0. The number of hydrogen-bond acceptors (Lipinski definition) is 3. The van der Waals surface area contributed by atoms with Gasteiger partial charge in [-0.1, -0.05) is 31.0 Å². The summed E-state index contributed by atoms with van der Waals surface area (Å²) in [5, 5.41) is 0.269. The molecule has 1 aromatic carbocycles. The average Bonchev–Trinajstić information content (AvgIpc) is 3.16. The van der Waals surface area contributed by atoms with Crippen LogP contribution in [0.1, 0.15) is 57.6 Å². The predicted octanol–water partition coefficient (Wildman–Crippen LogP) is 6.22. The molecule has 2 atom stereocenters. The van der Waals surface area contributed by atoms with Crippen molar-refractivity contribution in [2.75, 3.05) is 18.0 Å². The zero-order valence-corrected chi connectivity index (χ0v) is 20.1. The molecule has 2 heterocycles. The van der Waals surface area contributed by atoms with Gasteiger partial charge in [-0.2, -0.15) is 0 Å². The first-order chi connectivity index (χ1) is 15.9. The minimum absolute atomic E-state index is 0.0731. The van der Waals surface area contributed by atoms with Crippen LogP contribution in [0.5, 0.6) is 0 Å². The summed E-state index contributed by atoms with van der Waals surface area (Å²) in [5.74, 6) is 1.22. The standard InChI is InChI=1S/C26H32ClFN2O3/c1-17-9-11-29(12-10-17)24(32)14-19-5-3-6-20(13-19)30(16-31)26-18(2)33-15-21(26)25-22(27)7-4-8-23(25)28/h4,7-8,15-17,19-20H,3,5-6,9-14H2,1-2H3. The topological polar surface area (TPSA) is 53.8 Å². The van der Waals surface area contributed by atoms with Gasteiger partial charge >= 0.3 is 0 Å². The van der Waals surface area contributed by atoms with Gasteiger partial charge in [0.15, 0.2) is 0 Å². The van der Waals surface area contributed by atoms with Crippen molar-refractivity contribution in [3.63, 3.8) is 0 Å². The summed E-state index contributed by atoms with van der Waals surface area (Å²) < 4.78 is 20.3. The van der Waals surface area contributed by atoms with Gasteiger partial charge in [0, 0.05) is 36.7 Å². The van der Waals surface area contributed by atoms with Crippen molar-refractivity contribution in [1.82, 2.24) is 4.90 Å². The van der Waals surface area contributed by atoms with Crippen molar-refractivity contribution in [1.29, 1.82) is 0 Å². The lowest BCUT2D eigenvalue weighted by Crippen LogP contribution is -2.41. The smallest absolute Gasteiger partial charge is 0.222 e. The number of halogens is 2. The van der Waals surface area contributed by atoms with Gasteiger partial charge in [0.05, 0.1) is 10.7 Å². The molecule has 0 N–H and O–H groups in total. The molecule has 0 radical (unpaired) electrons. The third-order valence-electron chi connectivity index (χ3n) is 7.29. The molecule has 0 spiro atoms. The Morgan fingerprint density at radius 2 is 2.03 bits per heavy atom. The number of aryl methyl sites for hydroxylation is 1. The van der Waals surface area contributed by atoms with Crippen molar-refractivity contribution in [2.24, 2.45) is 11.8 Å². The van der Waals surface area contributed by atoms with Gasteiger partial charge < -0.3 is 14.2 Å². The van der Waals surface area contributed by atoms with Crippen LogP contribution in [0.4, 0.5) is 10.1 Å². The first-order valence-electron chi connectivity index (χ1n) is 11.9. The van der Waals surface area contributed by atoms with E-state index in [1.807, 2.05) is 4.90 Å². The molecule has 4 rings (SSSR count). The van der Waals surface area contributed by atoms with Crippen molar-refractivity contribution in [2.45, 2.75) is 64.8 Å². The molecule has 1 aliphatic heterocycles. The Bertz CT molecular complexity index is 979. The monoisotopic (exact) mass is 474 g/mol. The highest BCUT2D eigenvalue weighted by Crippen LogP contribution is 2.42. The summed E-state index contributed by atoms with van der Waals surface area (Å²) in [6, 6.07) is 4.45. The van der Waals surface area contributed by atoms with Crippen LogP contribution in [-0.4, -0.2) is 36.3 Å². The van der Waals surface area contributed by atoms with Crippen molar-refractivity contribution in [3.05, 3.63) is 41.1 Å². The number of rotatable bonds is 6. The number of hydrogen-bond donors (Lipinski definition) is 0. The Labute approximate surface area is 199 Å². The fourth-order valence-corrected chi connectivity index (χ4v) is 5.62. The molecule has 5 nitrogen and oxygen atoms in total. The maximum absolute atomic E-state index is 14.7. The molecular weight excluding hydrogens is 443 g/mol. The van der Waals surface area contributed by atoms with Crippen molar-refractivity contribution < 1.29 is 18.4 Å². The number of amides is 2. The van der Waals surface area contributed by atoms with E-state index in [-0.39, 0.29) is 28.5 Å². The maximum atomic E-state index is 14.7. The lowest BCUT2D eigenvalue weighted by Gasteiger charge is -2.37. The third kappa shape index (κ3) is 5.11. The van der Waals surface area contributed by atoms with E-state index in [0.29, 0.717) is 29.3 Å².